The fourth-order valence-electron chi connectivity index (χ4n) is 2.50. The number of aliphatic hydroxyl groups excluding tert-OH is 1. The van der Waals surface area contributed by atoms with Crippen molar-refractivity contribution in [2.45, 2.75) is 19.4 Å². The van der Waals surface area contributed by atoms with Crippen LogP contribution in [0.3, 0.4) is 0 Å². The summed E-state index contributed by atoms with van der Waals surface area (Å²) in [5, 5.41) is 28.5. The highest BCUT2D eigenvalue weighted by Gasteiger charge is 2.17. The van der Waals surface area contributed by atoms with E-state index < -0.39 is 12.1 Å². The Labute approximate surface area is 147 Å². The van der Waals surface area contributed by atoms with Crippen molar-refractivity contribution in [2.24, 2.45) is 0 Å². The molecule has 2 rings (SSSR count). The minimum Gasteiger partial charge on any atom is -0.478 e. The van der Waals surface area contributed by atoms with Crippen molar-refractivity contribution in [1.29, 1.82) is 5.26 Å². The summed E-state index contributed by atoms with van der Waals surface area (Å²) in [6.45, 7) is 5.58. The van der Waals surface area contributed by atoms with Crippen LogP contribution >= 0.6 is 0 Å². The van der Waals surface area contributed by atoms with E-state index in [2.05, 4.69) is 12.6 Å². The Kier molecular flexibility index (Phi) is 5.89. The summed E-state index contributed by atoms with van der Waals surface area (Å²) in [7, 11) is 0. The van der Waals surface area contributed by atoms with Gasteiger partial charge in [-0.25, -0.2) is 4.79 Å². The molecule has 2 aromatic rings. The molecule has 0 heterocycles. The second-order valence-electron chi connectivity index (χ2n) is 5.59. The molecule has 2 N–H and O–H groups in total. The first-order chi connectivity index (χ1) is 12.0. The van der Waals surface area contributed by atoms with E-state index in [1.54, 1.807) is 19.1 Å². The van der Waals surface area contributed by atoms with Gasteiger partial charge >= 0.3 is 5.97 Å². The summed E-state index contributed by atoms with van der Waals surface area (Å²) in [5.74, 6) is -1.18. The predicted octanol–water partition coefficient (Wildman–Crippen LogP) is 4.02. The van der Waals surface area contributed by atoms with Gasteiger partial charge in [0.15, 0.2) is 0 Å². The Morgan fingerprint density at radius 3 is 2.52 bits per heavy atom. The maximum atomic E-state index is 11.3. The summed E-state index contributed by atoms with van der Waals surface area (Å²) >= 11 is 0. The molecule has 0 aliphatic heterocycles. The monoisotopic (exact) mass is 333 g/mol. The Morgan fingerprint density at radius 2 is 1.96 bits per heavy atom. The number of carbonyl (C=O) groups is 1. The van der Waals surface area contributed by atoms with Gasteiger partial charge in [-0.05, 0) is 40.8 Å². The molecule has 0 amide bonds. The van der Waals surface area contributed by atoms with E-state index in [9.17, 15) is 20.3 Å². The van der Waals surface area contributed by atoms with E-state index in [1.807, 2.05) is 36.4 Å². The number of hydrogen-bond acceptors (Lipinski definition) is 3. The van der Waals surface area contributed by atoms with Gasteiger partial charge in [0.25, 0.3) is 0 Å². The van der Waals surface area contributed by atoms with Crippen LogP contribution in [-0.2, 0) is 4.79 Å². The van der Waals surface area contributed by atoms with E-state index in [-0.39, 0.29) is 5.57 Å². The average molecular weight is 333 g/mol. The van der Waals surface area contributed by atoms with Gasteiger partial charge in [-0.15, -0.1) is 0 Å². The van der Waals surface area contributed by atoms with Crippen LogP contribution < -0.4 is 0 Å². The van der Waals surface area contributed by atoms with Gasteiger partial charge in [0.2, 0.25) is 0 Å². The van der Waals surface area contributed by atoms with Crippen molar-refractivity contribution in [1.82, 2.24) is 0 Å². The summed E-state index contributed by atoms with van der Waals surface area (Å²) in [6, 6.07) is 17.0. The molecular weight excluding hydrogens is 314 g/mol. The lowest BCUT2D eigenvalue weighted by Crippen LogP contribution is -2.16. The van der Waals surface area contributed by atoms with Crippen LogP contribution in [0, 0.1) is 11.3 Å². The van der Waals surface area contributed by atoms with Crippen molar-refractivity contribution in [3.05, 3.63) is 77.9 Å². The topological polar surface area (TPSA) is 81.3 Å². The summed E-state index contributed by atoms with van der Waals surface area (Å²) < 4.78 is 0. The Hall–Kier alpha value is -3.16. The molecule has 0 radical (unpaired) electrons. The van der Waals surface area contributed by atoms with Crippen LogP contribution in [0.4, 0.5) is 0 Å². The summed E-state index contributed by atoms with van der Waals surface area (Å²) in [4.78, 5) is 11.3. The minimum atomic E-state index is -1.18. The molecule has 1 atom stereocenters. The maximum Gasteiger partial charge on any atom is 0.334 e. The Bertz CT molecular complexity index is 860. The second kappa shape index (κ2) is 8.09. The summed E-state index contributed by atoms with van der Waals surface area (Å²) in [5.41, 5.74) is 3.17. The molecule has 126 valence electrons. The van der Waals surface area contributed by atoms with Crippen LogP contribution in [0.2, 0.25) is 0 Å². The number of hydrogen-bond donors (Lipinski definition) is 2. The number of aliphatic hydroxyl groups is 1. The van der Waals surface area contributed by atoms with Crippen LogP contribution in [0.15, 0.2) is 66.8 Å². The third kappa shape index (κ3) is 4.23. The first-order valence-corrected chi connectivity index (χ1v) is 7.89. The molecule has 0 spiro atoms. The molecule has 4 heteroatoms. The largest absolute Gasteiger partial charge is 0.478 e. The molecule has 4 nitrogen and oxygen atoms in total. The minimum absolute atomic E-state index is 0.113. The standard InChI is InChI=1S/C21H19NO3/c1-3-20(23)19(21(24)25)11-14(2)16-9-10-18(17(12-16)13-22)15-7-5-4-6-8-15/h4-12,20,23H,2-3H2,1H3,(H,24,25)/b19-11+. The third-order valence-electron chi connectivity index (χ3n) is 3.92. The molecule has 0 bridgehead atoms. The van der Waals surface area contributed by atoms with Gasteiger partial charge in [0, 0.05) is 0 Å². The van der Waals surface area contributed by atoms with Crippen molar-refractivity contribution >= 4 is 11.5 Å². The quantitative estimate of drug-likeness (QED) is 0.618. The molecule has 2 aromatic carbocycles. The number of carboxylic acid groups (broad SMARTS) is 1. The van der Waals surface area contributed by atoms with E-state index in [0.29, 0.717) is 23.1 Å². The lowest BCUT2D eigenvalue weighted by molar-refractivity contribution is -0.133. The van der Waals surface area contributed by atoms with Gasteiger partial charge in [-0.2, -0.15) is 5.26 Å². The van der Waals surface area contributed by atoms with Crippen molar-refractivity contribution in [2.75, 3.05) is 0 Å². The number of nitriles is 1. The van der Waals surface area contributed by atoms with E-state index in [4.69, 9.17) is 0 Å². The molecule has 0 aliphatic carbocycles. The fraction of sp³-hybridized carbons (Fsp3) is 0.143. The van der Waals surface area contributed by atoms with Crippen LogP contribution in [0.5, 0.6) is 0 Å². The zero-order valence-electron chi connectivity index (χ0n) is 13.9. The molecule has 0 saturated carbocycles. The number of aliphatic carboxylic acids is 1. The predicted molar refractivity (Wildman–Crippen MR) is 97.6 cm³/mol. The number of rotatable bonds is 6. The Morgan fingerprint density at radius 1 is 1.28 bits per heavy atom. The molecule has 0 saturated heterocycles. The zero-order chi connectivity index (χ0) is 18.4. The van der Waals surface area contributed by atoms with Crippen molar-refractivity contribution in [3.8, 4) is 17.2 Å². The molecule has 0 fully saturated rings. The first-order valence-electron chi connectivity index (χ1n) is 7.89. The normalized spacial score (nSPS) is 12.3. The average Bonchev–Trinajstić information content (AvgIpc) is 2.65. The Balaban J connectivity index is 2.42. The first kappa shape index (κ1) is 18.2. The highest BCUT2D eigenvalue weighted by molar-refractivity contribution is 5.92. The van der Waals surface area contributed by atoms with Gasteiger partial charge in [0.05, 0.1) is 23.3 Å². The number of nitrogens with zero attached hydrogens (tertiary/aromatic N) is 1. The highest BCUT2D eigenvalue weighted by atomic mass is 16.4. The summed E-state index contributed by atoms with van der Waals surface area (Å²) in [6.07, 6.45) is 0.588. The molecular formula is C21H19NO3. The van der Waals surface area contributed by atoms with E-state index in [0.717, 1.165) is 11.1 Å². The van der Waals surface area contributed by atoms with Crippen molar-refractivity contribution < 1.29 is 15.0 Å². The SMILES string of the molecule is C=C(/C=C(/C(=O)O)C(O)CC)c1ccc(-c2ccccc2)c(C#N)c1. The smallest absolute Gasteiger partial charge is 0.334 e. The fourth-order valence-corrected chi connectivity index (χ4v) is 2.50. The number of benzene rings is 2. The number of allylic oxidation sites excluding steroid dienone is 2. The third-order valence-corrected chi connectivity index (χ3v) is 3.92. The van der Waals surface area contributed by atoms with E-state index in [1.165, 1.54) is 6.08 Å². The van der Waals surface area contributed by atoms with Gasteiger partial charge in [0.1, 0.15) is 0 Å². The van der Waals surface area contributed by atoms with Crippen LogP contribution in [0.25, 0.3) is 16.7 Å². The zero-order valence-corrected chi connectivity index (χ0v) is 13.9. The van der Waals surface area contributed by atoms with Gasteiger partial charge < -0.3 is 10.2 Å². The lowest BCUT2D eigenvalue weighted by atomic mass is 9.94. The van der Waals surface area contributed by atoms with Gasteiger partial charge in [-0.1, -0.05) is 56.0 Å². The molecule has 25 heavy (non-hydrogen) atoms. The van der Waals surface area contributed by atoms with Gasteiger partial charge in [-0.3, -0.25) is 0 Å². The maximum absolute atomic E-state index is 11.3. The van der Waals surface area contributed by atoms with E-state index >= 15 is 0 Å². The van der Waals surface area contributed by atoms with Crippen LogP contribution in [0.1, 0.15) is 24.5 Å². The number of carboxylic acids is 1. The molecule has 1 unspecified atom stereocenters. The lowest BCUT2D eigenvalue weighted by Gasteiger charge is -2.11. The van der Waals surface area contributed by atoms with Crippen molar-refractivity contribution in [3.63, 3.8) is 0 Å². The highest BCUT2D eigenvalue weighted by Crippen LogP contribution is 2.27. The second-order valence-corrected chi connectivity index (χ2v) is 5.59. The van der Waals surface area contributed by atoms with Crippen LogP contribution in [-0.4, -0.2) is 22.3 Å². The molecule has 0 aromatic heterocycles. The molecule has 0 aliphatic rings.